The number of nitrogens with one attached hydrogen (secondary N) is 1. The highest BCUT2D eigenvalue weighted by Crippen LogP contribution is 2.37. The van der Waals surface area contributed by atoms with Gasteiger partial charge in [0.2, 0.25) is 0 Å². The highest BCUT2D eigenvalue weighted by molar-refractivity contribution is 6.31. The molecule has 0 spiro atoms. The minimum absolute atomic E-state index is 0.140. The van der Waals surface area contributed by atoms with Gasteiger partial charge in [0.05, 0.1) is 13.4 Å². The molecule has 0 fully saturated rings. The van der Waals surface area contributed by atoms with Crippen LogP contribution in [0.2, 0.25) is 5.02 Å². The Morgan fingerprint density at radius 2 is 2.25 bits per heavy atom. The lowest BCUT2D eigenvalue weighted by Crippen LogP contribution is -2.24. The van der Waals surface area contributed by atoms with Crippen molar-refractivity contribution in [2.24, 2.45) is 0 Å². The van der Waals surface area contributed by atoms with Crippen LogP contribution < -0.4 is 14.8 Å². The third-order valence-electron chi connectivity index (χ3n) is 2.81. The monoisotopic (exact) mass is 293 g/mol. The number of methoxy groups -OCH3 is 1. The number of hydrogen-bond donors (Lipinski definition) is 1. The first-order valence-electron chi connectivity index (χ1n) is 6.36. The van der Waals surface area contributed by atoms with Gasteiger partial charge in [0, 0.05) is 28.8 Å². The van der Waals surface area contributed by atoms with Crippen molar-refractivity contribution in [2.75, 3.05) is 13.7 Å². The van der Waals surface area contributed by atoms with Gasteiger partial charge < -0.3 is 14.8 Å². The molecule has 0 aliphatic carbocycles. The molecular formula is C15H16ClNO3. The molecule has 0 saturated heterocycles. The van der Waals surface area contributed by atoms with Crippen LogP contribution >= 0.6 is 11.6 Å². The number of carbonyl (C=O) groups excluding carboxylic acids is 1. The lowest BCUT2D eigenvalue weighted by atomic mass is 10.1. The number of ether oxygens (including phenoxy) is 2. The summed E-state index contributed by atoms with van der Waals surface area (Å²) in [5, 5.41) is 3.35. The highest BCUT2D eigenvalue weighted by atomic mass is 35.5. The highest BCUT2D eigenvalue weighted by Gasteiger charge is 2.16. The fraction of sp³-hybridized carbons (Fsp3) is 0.267. The Morgan fingerprint density at radius 1 is 1.45 bits per heavy atom. The second-order valence-electron chi connectivity index (χ2n) is 4.30. The summed E-state index contributed by atoms with van der Waals surface area (Å²) in [6, 6.07) is 3.41. The van der Waals surface area contributed by atoms with Crippen molar-refractivity contribution in [2.45, 2.75) is 13.3 Å². The quantitative estimate of drug-likeness (QED) is 0.927. The number of fused-ring (bicyclic) bond motifs is 1. The fourth-order valence-electron chi connectivity index (χ4n) is 1.85. The molecule has 0 bridgehead atoms. The largest absolute Gasteiger partial charge is 0.493 e. The molecule has 4 nitrogen and oxygen atoms in total. The van der Waals surface area contributed by atoms with E-state index in [0.29, 0.717) is 34.2 Å². The molecule has 2 rings (SSSR count). The molecule has 5 heteroatoms. The van der Waals surface area contributed by atoms with Crippen LogP contribution in [0.15, 0.2) is 30.0 Å². The van der Waals surface area contributed by atoms with Gasteiger partial charge in [-0.3, -0.25) is 4.79 Å². The molecule has 1 aliphatic heterocycles. The fourth-order valence-corrected chi connectivity index (χ4v) is 2.06. The molecular weight excluding hydrogens is 278 g/mol. The second-order valence-corrected chi connectivity index (χ2v) is 4.74. The molecule has 1 aromatic carbocycles. The molecule has 0 unspecified atom stereocenters. The maximum Gasteiger partial charge on any atom is 0.251 e. The van der Waals surface area contributed by atoms with E-state index in [4.69, 9.17) is 21.1 Å². The normalized spacial score (nSPS) is 12.8. The average molecular weight is 294 g/mol. The third-order valence-corrected chi connectivity index (χ3v) is 3.03. The van der Waals surface area contributed by atoms with Gasteiger partial charge in [0.1, 0.15) is 0 Å². The van der Waals surface area contributed by atoms with E-state index in [0.717, 1.165) is 6.42 Å². The van der Waals surface area contributed by atoms with Crippen LogP contribution in [0.3, 0.4) is 0 Å². The van der Waals surface area contributed by atoms with Crippen LogP contribution in [0.4, 0.5) is 0 Å². The lowest BCUT2D eigenvalue weighted by molar-refractivity contribution is -0.117. The average Bonchev–Trinajstić information content (AvgIpc) is 2.65. The van der Waals surface area contributed by atoms with E-state index in [1.165, 1.54) is 6.26 Å². The molecule has 1 aromatic rings. The summed E-state index contributed by atoms with van der Waals surface area (Å²) in [6.45, 7) is 2.64. The molecule has 20 heavy (non-hydrogen) atoms. The van der Waals surface area contributed by atoms with Crippen molar-refractivity contribution < 1.29 is 14.3 Å². The van der Waals surface area contributed by atoms with E-state index < -0.39 is 0 Å². The molecule has 0 atom stereocenters. The Hall–Kier alpha value is -1.94. The number of amides is 1. The summed E-state index contributed by atoms with van der Waals surface area (Å²) >= 11 is 6.04. The van der Waals surface area contributed by atoms with Gasteiger partial charge in [-0.25, -0.2) is 0 Å². The SMILES string of the molecule is CCCNC(=O)C1=Cc2cc(Cl)cc(OC)c2OC=C1. The van der Waals surface area contributed by atoms with Crippen LogP contribution in [0.5, 0.6) is 11.5 Å². The number of hydrogen-bond acceptors (Lipinski definition) is 3. The number of carbonyl (C=O) groups is 1. The zero-order valence-corrected chi connectivity index (χ0v) is 12.2. The van der Waals surface area contributed by atoms with Gasteiger partial charge in [-0.15, -0.1) is 0 Å². The molecule has 0 radical (unpaired) electrons. The summed E-state index contributed by atoms with van der Waals surface area (Å²) in [5.41, 5.74) is 1.22. The number of rotatable bonds is 4. The first kappa shape index (κ1) is 14.5. The maximum atomic E-state index is 12.0. The number of halogens is 1. The second kappa shape index (κ2) is 6.48. The standard InChI is InChI=1S/C15H16ClNO3/c1-3-5-17-15(18)10-4-6-20-14-11(7-10)8-12(16)9-13(14)19-2/h4,6-9H,3,5H2,1-2H3,(H,17,18). The van der Waals surface area contributed by atoms with Gasteiger partial charge in [0.25, 0.3) is 5.91 Å². The molecule has 1 heterocycles. The Kier molecular flexibility index (Phi) is 4.69. The van der Waals surface area contributed by atoms with Crippen LogP contribution in [0.1, 0.15) is 18.9 Å². The Balaban J connectivity index is 2.39. The first-order valence-corrected chi connectivity index (χ1v) is 6.74. The van der Waals surface area contributed by atoms with E-state index in [-0.39, 0.29) is 5.91 Å². The van der Waals surface area contributed by atoms with Crippen molar-refractivity contribution in [1.29, 1.82) is 0 Å². The van der Waals surface area contributed by atoms with Crippen LogP contribution in [0, 0.1) is 0 Å². The third kappa shape index (κ3) is 3.14. The van der Waals surface area contributed by atoms with Crippen LogP contribution in [-0.4, -0.2) is 19.6 Å². The van der Waals surface area contributed by atoms with Crippen molar-refractivity contribution in [3.63, 3.8) is 0 Å². The molecule has 0 saturated carbocycles. The number of benzene rings is 1. The molecule has 1 N–H and O–H groups in total. The lowest BCUT2D eigenvalue weighted by Gasteiger charge is -2.10. The minimum atomic E-state index is -0.140. The Bertz CT molecular complexity index is 579. The van der Waals surface area contributed by atoms with Crippen LogP contribution in [0.25, 0.3) is 6.08 Å². The predicted octanol–water partition coefficient (Wildman–Crippen LogP) is 3.16. The van der Waals surface area contributed by atoms with Gasteiger partial charge in [-0.05, 0) is 24.6 Å². The zero-order valence-electron chi connectivity index (χ0n) is 11.4. The van der Waals surface area contributed by atoms with Crippen molar-refractivity contribution in [3.8, 4) is 11.5 Å². The molecule has 106 valence electrons. The molecule has 1 amide bonds. The van der Waals surface area contributed by atoms with Crippen molar-refractivity contribution >= 4 is 23.6 Å². The summed E-state index contributed by atoms with van der Waals surface area (Å²) < 4.78 is 10.8. The van der Waals surface area contributed by atoms with Gasteiger partial charge >= 0.3 is 0 Å². The molecule has 1 aliphatic rings. The summed E-state index contributed by atoms with van der Waals surface area (Å²) in [6.07, 6.45) is 5.71. The van der Waals surface area contributed by atoms with E-state index in [1.54, 1.807) is 31.4 Å². The molecule has 0 aromatic heterocycles. The first-order chi connectivity index (χ1) is 9.65. The van der Waals surface area contributed by atoms with Crippen molar-refractivity contribution in [3.05, 3.63) is 40.6 Å². The van der Waals surface area contributed by atoms with Gasteiger partial charge in [0.15, 0.2) is 11.5 Å². The van der Waals surface area contributed by atoms with E-state index in [1.807, 2.05) is 6.92 Å². The Morgan fingerprint density at radius 3 is 2.95 bits per heavy atom. The van der Waals surface area contributed by atoms with Crippen molar-refractivity contribution in [1.82, 2.24) is 5.32 Å². The van der Waals surface area contributed by atoms with E-state index >= 15 is 0 Å². The van der Waals surface area contributed by atoms with Gasteiger partial charge in [-0.1, -0.05) is 18.5 Å². The minimum Gasteiger partial charge on any atom is -0.493 e. The summed E-state index contributed by atoms with van der Waals surface area (Å²) in [4.78, 5) is 12.0. The van der Waals surface area contributed by atoms with E-state index in [9.17, 15) is 4.79 Å². The zero-order chi connectivity index (χ0) is 14.5. The Labute approximate surface area is 123 Å². The predicted molar refractivity (Wildman–Crippen MR) is 79.0 cm³/mol. The van der Waals surface area contributed by atoms with Crippen LogP contribution in [-0.2, 0) is 4.79 Å². The maximum absolute atomic E-state index is 12.0. The van der Waals surface area contributed by atoms with E-state index in [2.05, 4.69) is 5.32 Å². The van der Waals surface area contributed by atoms with Gasteiger partial charge in [-0.2, -0.15) is 0 Å². The summed E-state index contributed by atoms with van der Waals surface area (Å²) in [7, 11) is 1.54. The topological polar surface area (TPSA) is 47.6 Å². The smallest absolute Gasteiger partial charge is 0.251 e. The summed E-state index contributed by atoms with van der Waals surface area (Å²) in [5.74, 6) is 0.938.